The van der Waals surface area contributed by atoms with Gasteiger partial charge in [-0.25, -0.2) is 4.98 Å². The van der Waals surface area contributed by atoms with Crippen molar-refractivity contribution >= 4 is 16.7 Å². The molecule has 20 heavy (non-hydrogen) atoms. The lowest BCUT2D eigenvalue weighted by atomic mass is 10.3. The minimum Gasteiger partial charge on any atom is -0.484 e. The number of anilines is 1. The first-order valence-corrected chi connectivity index (χ1v) is 6.56. The normalized spacial score (nSPS) is 10.8. The standard InChI is InChI=1S/C15H16N4O/c1-2-19-13-7-8-17-9-12(13)18-15(19)10-20-14-6-4-3-5-11(14)16/h3-9H,2,10,16H2,1H3. The molecule has 102 valence electrons. The van der Waals surface area contributed by atoms with Gasteiger partial charge in [-0.2, -0.15) is 0 Å². The highest BCUT2D eigenvalue weighted by molar-refractivity contribution is 5.74. The maximum Gasteiger partial charge on any atom is 0.148 e. The van der Waals surface area contributed by atoms with Crippen LogP contribution in [0, 0.1) is 0 Å². The number of para-hydroxylation sites is 2. The number of ether oxygens (including phenoxy) is 1. The molecule has 0 bridgehead atoms. The number of hydrogen-bond acceptors (Lipinski definition) is 4. The van der Waals surface area contributed by atoms with Gasteiger partial charge in [0.25, 0.3) is 0 Å². The van der Waals surface area contributed by atoms with E-state index in [1.54, 1.807) is 12.4 Å². The van der Waals surface area contributed by atoms with Crippen molar-refractivity contribution in [1.82, 2.24) is 14.5 Å². The highest BCUT2D eigenvalue weighted by Crippen LogP contribution is 2.22. The monoisotopic (exact) mass is 268 g/mol. The Morgan fingerprint density at radius 2 is 2.10 bits per heavy atom. The molecule has 5 heteroatoms. The van der Waals surface area contributed by atoms with E-state index in [4.69, 9.17) is 10.5 Å². The van der Waals surface area contributed by atoms with Crippen molar-refractivity contribution in [2.75, 3.05) is 5.73 Å². The fraction of sp³-hybridized carbons (Fsp3) is 0.200. The van der Waals surface area contributed by atoms with Crippen molar-refractivity contribution < 1.29 is 4.74 Å². The number of nitrogens with zero attached hydrogens (tertiary/aromatic N) is 3. The Morgan fingerprint density at radius 1 is 1.25 bits per heavy atom. The number of fused-ring (bicyclic) bond motifs is 1. The predicted molar refractivity (Wildman–Crippen MR) is 78.4 cm³/mol. The van der Waals surface area contributed by atoms with E-state index in [1.165, 1.54) is 0 Å². The molecule has 2 aromatic heterocycles. The van der Waals surface area contributed by atoms with Gasteiger partial charge < -0.3 is 15.0 Å². The van der Waals surface area contributed by atoms with Gasteiger partial charge in [-0.3, -0.25) is 4.98 Å². The average molecular weight is 268 g/mol. The molecule has 2 N–H and O–H groups in total. The molecule has 0 aliphatic heterocycles. The first kappa shape index (κ1) is 12.5. The molecule has 1 aromatic carbocycles. The van der Waals surface area contributed by atoms with Crippen LogP contribution in [0.4, 0.5) is 5.69 Å². The molecule has 0 atom stereocenters. The number of aryl methyl sites for hydroxylation is 1. The summed E-state index contributed by atoms with van der Waals surface area (Å²) in [5.41, 5.74) is 8.46. The van der Waals surface area contributed by atoms with E-state index < -0.39 is 0 Å². The highest BCUT2D eigenvalue weighted by atomic mass is 16.5. The van der Waals surface area contributed by atoms with Gasteiger partial charge in [0.2, 0.25) is 0 Å². The van der Waals surface area contributed by atoms with Gasteiger partial charge in [0, 0.05) is 12.7 Å². The fourth-order valence-electron chi connectivity index (χ4n) is 2.25. The Morgan fingerprint density at radius 3 is 2.90 bits per heavy atom. The Hall–Kier alpha value is -2.56. The molecule has 0 unspecified atom stereocenters. The maximum atomic E-state index is 5.87. The lowest BCUT2D eigenvalue weighted by Gasteiger charge is -2.09. The smallest absolute Gasteiger partial charge is 0.148 e. The van der Waals surface area contributed by atoms with Crippen LogP contribution in [0.25, 0.3) is 11.0 Å². The molecule has 0 fully saturated rings. The largest absolute Gasteiger partial charge is 0.484 e. The summed E-state index contributed by atoms with van der Waals surface area (Å²) < 4.78 is 7.89. The summed E-state index contributed by atoms with van der Waals surface area (Å²) in [7, 11) is 0. The van der Waals surface area contributed by atoms with Crippen molar-refractivity contribution in [1.29, 1.82) is 0 Å². The number of nitrogens with two attached hydrogens (primary N) is 1. The van der Waals surface area contributed by atoms with Crippen LogP contribution in [0.1, 0.15) is 12.7 Å². The molecule has 0 radical (unpaired) electrons. The minimum absolute atomic E-state index is 0.386. The second kappa shape index (κ2) is 5.21. The van der Waals surface area contributed by atoms with Gasteiger partial charge in [0.15, 0.2) is 0 Å². The first-order chi connectivity index (χ1) is 9.79. The predicted octanol–water partition coefficient (Wildman–Crippen LogP) is 2.61. The number of benzene rings is 1. The van der Waals surface area contributed by atoms with E-state index in [2.05, 4.69) is 21.5 Å². The molecule has 0 saturated heterocycles. The number of aromatic nitrogens is 3. The Kier molecular flexibility index (Phi) is 3.25. The minimum atomic E-state index is 0.386. The zero-order valence-electron chi connectivity index (χ0n) is 11.3. The van der Waals surface area contributed by atoms with Gasteiger partial charge in [0.1, 0.15) is 23.7 Å². The van der Waals surface area contributed by atoms with Crippen LogP contribution in [0.5, 0.6) is 5.75 Å². The highest BCUT2D eigenvalue weighted by Gasteiger charge is 2.10. The molecule has 2 heterocycles. The molecule has 5 nitrogen and oxygen atoms in total. The van der Waals surface area contributed by atoms with Crippen LogP contribution in [0.15, 0.2) is 42.7 Å². The van der Waals surface area contributed by atoms with E-state index in [1.807, 2.05) is 30.3 Å². The number of rotatable bonds is 4. The van der Waals surface area contributed by atoms with Crippen LogP contribution in [0.2, 0.25) is 0 Å². The van der Waals surface area contributed by atoms with E-state index in [0.717, 1.165) is 23.4 Å². The second-order valence-electron chi connectivity index (χ2n) is 4.46. The lowest BCUT2D eigenvalue weighted by molar-refractivity contribution is 0.292. The number of pyridine rings is 1. The summed E-state index contributed by atoms with van der Waals surface area (Å²) >= 11 is 0. The maximum absolute atomic E-state index is 5.87. The SMILES string of the molecule is CCn1c(COc2ccccc2N)nc2cnccc21. The third-order valence-electron chi connectivity index (χ3n) is 3.22. The van der Waals surface area contributed by atoms with Gasteiger partial charge in [-0.05, 0) is 25.1 Å². The van der Waals surface area contributed by atoms with Crippen LogP contribution in [-0.2, 0) is 13.2 Å². The molecule has 3 rings (SSSR count). The zero-order valence-corrected chi connectivity index (χ0v) is 11.3. The third-order valence-corrected chi connectivity index (χ3v) is 3.22. The molecule has 0 aliphatic carbocycles. The van der Waals surface area contributed by atoms with E-state index in [0.29, 0.717) is 18.0 Å². The summed E-state index contributed by atoms with van der Waals surface area (Å²) in [5, 5.41) is 0. The summed E-state index contributed by atoms with van der Waals surface area (Å²) in [6.07, 6.45) is 3.54. The van der Waals surface area contributed by atoms with Crippen molar-refractivity contribution in [2.24, 2.45) is 0 Å². The van der Waals surface area contributed by atoms with Crippen molar-refractivity contribution in [3.8, 4) is 5.75 Å². The Balaban J connectivity index is 1.89. The number of hydrogen-bond donors (Lipinski definition) is 1. The molecular weight excluding hydrogens is 252 g/mol. The molecule has 3 aromatic rings. The first-order valence-electron chi connectivity index (χ1n) is 6.56. The average Bonchev–Trinajstić information content (AvgIpc) is 2.84. The summed E-state index contributed by atoms with van der Waals surface area (Å²) in [4.78, 5) is 8.66. The second-order valence-corrected chi connectivity index (χ2v) is 4.46. The van der Waals surface area contributed by atoms with E-state index in [-0.39, 0.29) is 0 Å². The number of imidazole rings is 1. The lowest BCUT2D eigenvalue weighted by Crippen LogP contribution is -2.06. The van der Waals surface area contributed by atoms with Crippen LogP contribution >= 0.6 is 0 Å². The quantitative estimate of drug-likeness (QED) is 0.739. The van der Waals surface area contributed by atoms with Gasteiger partial charge >= 0.3 is 0 Å². The van der Waals surface area contributed by atoms with Crippen LogP contribution < -0.4 is 10.5 Å². The Bertz CT molecular complexity index is 736. The van der Waals surface area contributed by atoms with Crippen molar-refractivity contribution in [3.63, 3.8) is 0 Å². The Labute approximate surface area is 117 Å². The molecule has 0 aliphatic rings. The van der Waals surface area contributed by atoms with E-state index in [9.17, 15) is 0 Å². The molecule has 0 amide bonds. The number of nitrogen functional groups attached to an aromatic ring is 1. The van der Waals surface area contributed by atoms with E-state index >= 15 is 0 Å². The van der Waals surface area contributed by atoms with Crippen LogP contribution in [-0.4, -0.2) is 14.5 Å². The topological polar surface area (TPSA) is 66.0 Å². The third kappa shape index (κ3) is 2.18. The van der Waals surface area contributed by atoms with Gasteiger partial charge in [-0.15, -0.1) is 0 Å². The molecule has 0 saturated carbocycles. The van der Waals surface area contributed by atoms with Crippen molar-refractivity contribution in [3.05, 3.63) is 48.5 Å². The van der Waals surface area contributed by atoms with Crippen molar-refractivity contribution in [2.45, 2.75) is 20.1 Å². The van der Waals surface area contributed by atoms with Gasteiger partial charge in [0.05, 0.1) is 17.4 Å². The zero-order chi connectivity index (χ0) is 13.9. The molecule has 0 spiro atoms. The van der Waals surface area contributed by atoms with Gasteiger partial charge in [-0.1, -0.05) is 12.1 Å². The summed E-state index contributed by atoms with van der Waals surface area (Å²) in [5.74, 6) is 1.55. The fourth-order valence-corrected chi connectivity index (χ4v) is 2.25. The summed E-state index contributed by atoms with van der Waals surface area (Å²) in [6.45, 7) is 3.31. The molecular formula is C15H16N4O. The van der Waals surface area contributed by atoms with Crippen LogP contribution in [0.3, 0.4) is 0 Å². The summed E-state index contributed by atoms with van der Waals surface area (Å²) in [6, 6.07) is 9.43.